The first-order valence-electron chi connectivity index (χ1n) is 12.4. The van der Waals surface area contributed by atoms with Gasteiger partial charge in [-0.1, -0.05) is 11.6 Å². The van der Waals surface area contributed by atoms with Crippen LogP contribution in [0.5, 0.6) is 5.75 Å². The number of phenols is 1. The van der Waals surface area contributed by atoms with Gasteiger partial charge in [0.25, 0.3) is 5.91 Å². The molecule has 0 atom stereocenters. The molecule has 1 aliphatic heterocycles. The Hall–Kier alpha value is -3.75. The third-order valence-corrected chi connectivity index (χ3v) is 7.03. The maximum atomic E-state index is 12.8. The molecule has 0 radical (unpaired) electrons. The molecule has 0 unspecified atom stereocenters. The number of aromatic hydroxyl groups is 1. The lowest BCUT2D eigenvalue weighted by molar-refractivity contribution is 0.0782. The van der Waals surface area contributed by atoms with Crippen LogP contribution in [0.15, 0.2) is 54.6 Å². The number of nitrogens with one attached hydrogen (secondary N) is 1. The van der Waals surface area contributed by atoms with Crippen molar-refractivity contribution < 1.29 is 9.90 Å². The van der Waals surface area contributed by atoms with Crippen LogP contribution in [-0.4, -0.2) is 69.2 Å². The molecule has 9 heteroatoms. The Kier molecular flexibility index (Phi) is 7.21. The number of likely N-dealkylation sites (tertiary alicyclic amines) is 1. The summed E-state index contributed by atoms with van der Waals surface area (Å²) in [6.45, 7) is 5.83. The second-order valence-corrected chi connectivity index (χ2v) is 9.85. The quantitative estimate of drug-likeness (QED) is 0.345. The Morgan fingerprint density at radius 2 is 1.84 bits per heavy atom. The van der Waals surface area contributed by atoms with E-state index >= 15 is 0 Å². The van der Waals surface area contributed by atoms with E-state index in [0.717, 1.165) is 36.4 Å². The Morgan fingerprint density at radius 1 is 1.08 bits per heavy atom. The second-order valence-electron chi connectivity index (χ2n) is 9.44. The highest BCUT2D eigenvalue weighted by molar-refractivity contribution is 6.33. The van der Waals surface area contributed by atoms with E-state index in [1.807, 2.05) is 50.4 Å². The number of aromatic nitrogens is 3. The molecule has 3 aromatic carbocycles. The molecule has 0 saturated carbocycles. The Balaban J connectivity index is 1.28. The number of hydrogen-bond acceptors (Lipinski definition) is 7. The number of rotatable bonds is 7. The molecular weight excluding hydrogens is 488 g/mol. The fourth-order valence-electron chi connectivity index (χ4n) is 4.60. The molecule has 37 heavy (non-hydrogen) atoms. The van der Waals surface area contributed by atoms with Crippen molar-refractivity contribution in [2.75, 3.05) is 38.5 Å². The van der Waals surface area contributed by atoms with Gasteiger partial charge in [-0.25, -0.2) is 4.98 Å². The molecule has 1 aliphatic rings. The largest absolute Gasteiger partial charge is 0.508 e. The smallest absolute Gasteiger partial charge is 0.253 e. The molecule has 0 bridgehead atoms. The Labute approximate surface area is 220 Å². The van der Waals surface area contributed by atoms with E-state index < -0.39 is 0 Å². The summed E-state index contributed by atoms with van der Waals surface area (Å²) < 4.78 is 0. The van der Waals surface area contributed by atoms with Crippen molar-refractivity contribution in [2.45, 2.75) is 19.8 Å². The zero-order valence-electron chi connectivity index (χ0n) is 20.9. The van der Waals surface area contributed by atoms with E-state index in [4.69, 9.17) is 11.6 Å². The number of halogens is 1. The minimum Gasteiger partial charge on any atom is -0.508 e. The molecule has 1 fully saturated rings. The van der Waals surface area contributed by atoms with Crippen LogP contribution in [0, 0.1) is 6.92 Å². The molecule has 2 N–H and O–H groups in total. The molecule has 5 rings (SSSR count). The highest BCUT2D eigenvalue weighted by Gasteiger charge is 2.16. The molecule has 1 saturated heterocycles. The van der Waals surface area contributed by atoms with Gasteiger partial charge in [-0.2, -0.15) is 0 Å². The number of carbonyl (C=O) groups is 1. The van der Waals surface area contributed by atoms with E-state index in [1.54, 1.807) is 23.1 Å². The molecule has 8 nitrogen and oxygen atoms in total. The molecular formula is C28H29ClN6O2. The Morgan fingerprint density at radius 3 is 2.59 bits per heavy atom. The molecule has 0 spiro atoms. The van der Waals surface area contributed by atoms with Crippen molar-refractivity contribution in [3.63, 3.8) is 0 Å². The van der Waals surface area contributed by atoms with Crippen molar-refractivity contribution in [3.05, 3.63) is 70.7 Å². The zero-order valence-corrected chi connectivity index (χ0v) is 21.7. The number of fused-ring (bicyclic) bond motifs is 1. The fourth-order valence-corrected chi connectivity index (χ4v) is 4.83. The van der Waals surface area contributed by atoms with Gasteiger partial charge in [0.2, 0.25) is 5.95 Å². The monoisotopic (exact) mass is 516 g/mol. The average molecular weight is 517 g/mol. The van der Waals surface area contributed by atoms with E-state index in [9.17, 15) is 9.90 Å². The summed E-state index contributed by atoms with van der Waals surface area (Å²) in [6, 6.07) is 16.0. The van der Waals surface area contributed by atoms with Gasteiger partial charge in [0.05, 0.1) is 5.52 Å². The van der Waals surface area contributed by atoms with Crippen molar-refractivity contribution >= 4 is 40.2 Å². The maximum absolute atomic E-state index is 12.8. The first-order valence-corrected chi connectivity index (χ1v) is 12.7. The van der Waals surface area contributed by atoms with E-state index in [-0.39, 0.29) is 11.7 Å². The van der Waals surface area contributed by atoms with Crippen LogP contribution in [-0.2, 0) is 0 Å². The van der Waals surface area contributed by atoms with Gasteiger partial charge >= 0.3 is 0 Å². The lowest BCUT2D eigenvalue weighted by atomic mass is 10.0. The van der Waals surface area contributed by atoms with E-state index in [0.29, 0.717) is 39.7 Å². The topological polar surface area (TPSA) is 94.5 Å². The third-order valence-electron chi connectivity index (χ3n) is 6.70. The minimum absolute atomic E-state index is 0.00707. The van der Waals surface area contributed by atoms with Crippen LogP contribution in [0.25, 0.3) is 22.2 Å². The van der Waals surface area contributed by atoms with Gasteiger partial charge < -0.3 is 20.2 Å². The highest BCUT2D eigenvalue weighted by atomic mass is 35.5. The van der Waals surface area contributed by atoms with Crippen LogP contribution in [0.4, 0.5) is 11.6 Å². The van der Waals surface area contributed by atoms with Crippen molar-refractivity contribution in [3.8, 4) is 16.9 Å². The van der Waals surface area contributed by atoms with E-state index in [2.05, 4.69) is 25.4 Å². The summed E-state index contributed by atoms with van der Waals surface area (Å²) in [5.41, 5.74) is 5.18. The molecule has 2 heterocycles. The maximum Gasteiger partial charge on any atom is 0.253 e. The molecule has 0 aliphatic carbocycles. The molecule has 4 aromatic rings. The summed E-state index contributed by atoms with van der Waals surface area (Å²) in [5.74, 6) is 0.510. The number of nitrogens with zero attached hydrogens (tertiary/aromatic N) is 5. The van der Waals surface area contributed by atoms with Crippen LogP contribution in [0.2, 0.25) is 5.02 Å². The van der Waals surface area contributed by atoms with E-state index in [1.165, 1.54) is 12.8 Å². The standard InChI is InChI=1S/C28H29ClN6O2/c1-18-15-20(23-17-22(36)9-10-24(23)29)16-25-26(18)31-28(33-32-25)30-21-7-5-19(6-8-21)27(37)34(2)13-14-35-11-3-4-12-35/h5-10,15-17,36H,3-4,11-14H2,1-2H3,(H,30,31,33). The minimum atomic E-state index is 0.00707. The van der Waals surface area contributed by atoms with Crippen LogP contribution < -0.4 is 5.32 Å². The van der Waals surface area contributed by atoms with Gasteiger partial charge in [0.1, 0.15) is 11.3 Å². The summed E-state index contributed by atoms with van der Waals surface area (Å²) in [6.07, 6.45) is 2.49. The summed E-state index contributed by atoms with van der Waals surface area (Å²) >= 11 is 6.34. The van der Waals surface area contributed by atoms with Gasteiger partial charge in [-0.15, -0.1) is 10.2 Å². The first kappa shape index (κ1) is 24.9. The number of benzene rings is 3. The average Bonchev–Trinajstić information content (AvgIpc) is 3.43. The van der Waals surface area contributed by atoms with Gasteiger partial charge in [0, 0.05) is 42.0 Å². The summed E-state index contributed by atoms with van der Waals surface area (Å²) in [7, 11) is 1.85. The number of hydrogen-bond donors (Lipinski definition) is 2. The number of anilines is 2. The fraction of sp³-hybridized carbons (Fsp3) is 0.286. The normalized spacial score (nSPS) is 13.7. The lowest BCUT2D eigenvalue weighted by Crippen LogP contribution is -2.35. The molecule has 1 aromatic heterocycles. The predicted octanol–water partition coefficient (Wildman–Crippen LogP) is 5.27. The Bertz CT molecular complexity index is 1440. The number of amides is 1. The number of aryl methyl sites for hydroxylation is 1. The number of carbonyl (C=O) groups excluding carboxylic acids is 1. The van der Waals surface area contributed by atoms with Crippen LogP contribution in [0.1, 0.15) is 28.8 Å². The van der Waals surface area contributed by atoms with Crippen molar-refractivity contribution in [1.29, 1.82) is 0 Å². The second kappa shape index (κ2) is 10.7. The van der Waals surface area contributed by atoms with Crippen LogP contribution >= 0.6 is 11.6 Å². The number of phenolic OH excluding ortho intramolecular Hbond substituents is 1. The lowest BCUT2D eigenvalue weighted by Gasteiger charge is -2.21. The SMILES string of the molecule is Cc1cc(-c2cc(O)ccc2Cl)cc2nnc(Nc3ccc(C(=O)N(C)CCN4CCCC4)cc3)nc12. The summed E-state index contributed by atoms with van der Waals surface area (Å²) in [4.78, 5) is 21.6. The summed E-state index contributed by atoms with van der Waals surface area (Å²) in [5, 5.41) is 22.2. The first-order chi connectivity index (χ1) is 17.9. The molecule has 1 amide bonds. The third kappa shape index (κ3) is 5.65. The van der Waals surface area contributed by atoms with Gasteiger partial charge in [-0.05, 0) is 98.6 Å². The highest BCUT2D eigenvalue weighted by Crippen LogP contribution is 2.33. The molecule has 190 valence electrons. The van der Waals surface area contributed by atoms with Crippen molar-refractivity contribution in [2.24, 2.45) is 0 Å². The number of likely N-dealkylation sites (N-methyl/N-ethyl adjacent to an activating group) is 1. The zero-order chi connectivity index (χ0) is 25.9. The predicted molar refractivity (Wildman–Crippen MR) is 147 cm³/mol. The van der Waals surface area contributed by atoms with Gasteiger partial charge in [0.15, 0.2) is 0 Å². The van der Waals surface area contributed by atoms with Gasteiger partial charge in [-0.3, -0.25) is 4.79 Å². The van der Waals surface area contributed by atoms with Crippen molar-refractivity contribution in [1.82, 2.24) is 25.0 Å². The van der Waals surface area contributed by atoms with Crippen LogP contribution in [0.3, 0.4) is 0 Å².